The summed E-state index contributed by atoms with van der Waals surface area (Å²) < 4.78 is 5.49. The maximum Gasteiger partial charge on any atom is 0.315 e. The second-order valence-electron chi connectivity index (χ2n) is 7.97. The standard InChI is InChI=1S/C23H33N5O2/c1-17-8-7-11-22(25-17)28-14-12-18(13-15-28)26-23(29)24-16-20(27(2)3)19-9-5-6-10-21(19)30-4/h5-11,18,20H,12-16H2,1-4H3,(H2,24,26,29). The molecule has 0 radical (unpaired) electrons. The van der Waals surface area contributed by atoms with E-state index in [4.69, 9.17) is 4.74 Å². The smallest absolute Gasteiger partial charge is 0.315 e. The lowest BCUT2D eigenvalue weighted by atomic mass is 10.0. The van der Waals surface area contributed by atoms with Gasteiger partial charge in [0.2, 0.25) is 0 Å². The highest BCUT2D eigenvalue weighted by atomic mass is 16.5. The van der Waals surface area contributed by atoms with Crippen LogP contribution in [0.15, 0.2) is 42.5 Å². The van der Waals surface area contributed by atoms with Crippen LogP contribution in [0.1, 0.15) is 30.1 Å². The molecule has 1 aromatic heterocycles. The summed E-state index contributed by atoms with van der Waals surface area (Å²) in [4.78, 5) is 21.5. The number of urea groups is 1. The normalized spacial score (nSPS) is 15.7. The van der Waals surface area contributed by atoms with Crippen molar-refractivity contribution in [3.63, 3.8) is 0 Å². The minimum Gasteiger partial charge on any atom is -0.496 e. The van der Waals surface area contributed by atoms with Crippen molar-refractivity contribution in [2.75, 3.05) is 45.7 Å². The lowest BCUT2D eigenvalue weighted by Crippen LogP contribution is -2.49. The van der Waals surface area contributed by atoms with Gasteiger partial charge in [-0.15, -0.1) is 0 Å². The molecule has 2 N–H and O–H groups in total. The zero-order valence-corrected chi connectivity index (χ0v) is 18.4. The van der Waals surface area contributed by atoms with E-state index in [-0.39, 0.29) is 18.1 Å². The van der Waals surface area contributed by atoms with Crippen molar-refractivity contribution >= 4 is 11.8 Å². The van der Waals surface area contributed by atoms with Gasteiger partial charge in [-0.2, -0.15) is 0 Å². The summed E-state index contributed by atoms with van der Waals surface area (Å²) in [5, 5.41) is 6.17. The van der Waals surface area contributed by atoms with Gasteiger partial charge < -0.3 is 25.2 Å². The van der Waals surface area contributed by atoms with Gasteiger partial charge in [0.25, 0.3) is 0 Å². The summed E-state index contributed by atoms with van der Waals surface area (Å²) in [6.07, 6.45) is 1.82. The molecule has 0 saturated carbocycles. The van der Waals surface area contributed by atoms with Crippen LogP contribution in [-0.4, -0.2) is 62.8 Å². The molecule has 162 valence electrons. The Labute approximate surface area is 179 Å². The van der Waals surface area contributed by atoms with Crippen LogP contribution in [0.5, 0.6) is 5.75 Å². The Morgan fingerprint density at radius 1 is 1.20 bits per heavy atom. The predicted molar refractivity (Wildman–Crippen MR) is 120 cm³/mol. The monoisotopic (exact) mass is 411 g/mol. The number of benzene rings is 1. The van der Waals surface area contributed by atoms with Crippen molar-refractivity contribution in [2.45, 2.75) is 31.8 Å². The third-order valence-electron chi connectivity index (χ3n) is 5.61. The molecule has 2 amide bonds. The van der Waals surface area contributed by atoms with Gasteiger partial charge in [-0.25, -0.2) is 9.78 Å². The fourth-order valence-corrected chi connectivity index (χ4v) is 3.90. The molecule has 0 bridgehead atoms. The van der Waals surface area contributed by atoms with E-state index in [1.807, 2.05) is 63.5 Å². The van der Waals surface area contributed by atoms with Crippen molar-refractivity contribution in [1.82, 2.24) is 20.5 Å². The van der Waals surface area contributed by atoms with Crippen LogP contribution >= 0.6 is 0 Å². The number of para-hydroxylation sites is 1. The maximum absolute atomic E-state index is 12.5. The van der Waals surface area contributed by atoms with Crippen molar-refractivity contribution in [2.24, 2.45) is 0 Å². The van der Waals surface area contributed by atoms with Crippen molar-refractivity contribution in [3.05, 3.63) is 53.7 Å². The van der Waals surface area contributed by atoms with Crippen molar-refractivity contribution < 1.29 is 9.53 Å². The van der Waals surface area contributed by atoms with Gasteiger partial charge >= 0.3 is 6.03 Å². The predicted octanol–water partition coefficient (Wildman–Crippen LogP) is 2.97. The molecule has 0 aliphatic carbocycles. The van der Waals surface area contributed by atoms with Gasteiger partial charge in [0.05, 0.1) is 13.2 Å². The number of hydrogen-bond donors (Lipinski definition) is 2. The number of likely N-dealkylation sites (N-methyl/N-ethyl adjacent to an activating group) is 1. The van der Waals surface area contributed by atoms with Crippen LogP contribution in [-0.2, 0) is 0 Å². The van der Waals surface area contributed by atoms with Crippen LogP contribution in [0.2, 0.25) is 0 Å². The highest BCUT2D eigenvalue weighted by Gasteiger charge is 2.23. The van der Waals surface area contributed by atoms with Crippen LogP contribution in [0, 0.1) is 6.92 Å². The molecule has 7 heteroatoms. The van der Waals surface area contributed by atoms with Crippen LogP contribution in [0.3, 0.4) is 0 Å². The van der Waals surface area contributed by atoms with E-state index >= 15 is 0 Å². The topological polar surface area (TPSA) is 69.7 Å². The number of pyridine rings is 1. The highest BCUT2D eigenvalue weighted by molar-refractivity contribution is 5.74. The molecular weight excluding hydrogens is 378 g/mol. The quantitative estimate of drug-likeness (QED) is 0.733. The molecule has 1 atom stereocenters. The van der Waals surface area contributed by atoms with Gasteiger partial charge in [0.1, 0.15) is 11.6 Å². The van der Waals surface area contributed by atoms with E-state index in [2.05, 4.69) is 25.4 Å². The lowest BCUT2D eigenvalue weighted by molar-refractivity contribution is 0.226. The number of aryl methyl sites for hydroxylation is 1. The first kappa shape index (κ1) is 21.9. The average molecular weight is 412 g/mol. The number of anilines is 1. The number of amides is 2. The van der Waals surface area contributed by atoms with Gasteiger partial charge in [-0.3, -0.25) is 0 Å². The Morgan fingerprint density at radius 2 is 1.93 bits per heavy atom. The van der Waals surface area contributed by atoms with Gasteiger partial charge in [-0.1, -0.05) is 24.3 Å². The first-order chi connectivity index (χ1) is 14.5. The number of piperidine rings is 1. The van der Waals surface area contributed by atoms with Crippen LogP contribution < -0.4 is 20.3 Å². The molecule has 3 rings (SSSR count). The fraction of sp³-hybridized carbons (Fsp3) is 0.478. The Hall–Kier alpha value is -2.80. The second kappa shape index (κ2) is 10.3. The summed E-state index contributed by atoms with van der Waals surface area (Å²) in [7, 11) is 5.68. The van der Waals surface area contributed by atoms with Crippen molar-refractivity contribution in [1.29, 1.82) is 0 Å². The van der Waals surface area contributed by atoms with Crippen LogP contribution in [0.4, 0.5) is 10.6 Å². The zero-order valence-electron chi connectivity index (χ0n) is 18.4. The van der Waals surface area contributed by atoms with Gasteiger partial charge in [0, 0.05) is 36.9 Å². The first-order valence-electron chi connectivity index (χ1n) is 10.5. The molecule has 1 fully saturated rings. The Balaban J connectivity index is 1.49. The number of nitrogens with zero attached hydrogens (tertiary/aromatic N) is 3. The number of nitrogens with one attached hydrogen (secondary N) is 2. The Kier molecular flexibility index (Phi) is 7.52. The van der Waals surface area contributed by atoms with Crippen molar-refractivity contribution in [3.8, 4) is 5.75 Å². The summed E-state index contributed by atoms with van der Waals surface area (Å²) in [6, 6.07) is 14.1. The molecule has 30 heavy (non-hydrogen) atoms. The molecule has 2 aromatic rings. The van der Waals surface area contributed by atoms with E-state index in [0.29, 0.717) is 6.54 Å². The molecule has 0 spiro atoms. The maximum atomic E-state index is 12.5. The third-order valence-corrected chi connectivity index (χ3v) is 5.61. The van der Waals surface area contributed by atoms with E-state index in [1.165, 1.54) is 0 Å². The minimum atomic E-state index is -0.121. The minimum absolute atomic E-state index is 0.0288. The molecule has 7 nitrogen and oxygen atoms in total. The van der Waals surface area contributed by atoms with E-state index in [9.17, 15) is 4.79 Å². The molecular formula is C23H33N5O2. The third kappa shape index (κ3) is 5.63. The SMILES string of the molecule is COc1ccccc1C(CNC(=O)NC1CCN(c2cccc(C)n2)CC1)N(C)C. The first-order valence-corrected chi connectivity index (χ1v) is 10.5. The van der Waals surface area contributed by atoms with E-state index in [0.717, 1.165) is 48.8 Å². The number of hydrogen-bond acceptors (Lipinski definition) is 5. The zero-order chi connectivity index (χ0) is 21.5. The second-order valence-corrected chi connectivity index (χ2v) is 7.97. The molecule has 1 aliphatic heterocycles. The molecule has 1 unspecified atom stereocenters. The average Bonchev–Trinajstić information content (AvgIpc) is 2.74. The summed E-state index contributed by atoms with van der Waals surface area (Å²) in [5.41, 5.74) is 2.09. The Bertz CT molecular complexity index is 834. The summed E-state index contributed by atoms with van der Waals surface area (Å²) in [5.74, 6) is 1.85. The largest absolute Gasteiger partial charge is 0.496 e. The summed E-state index contributed by atoms with van der Waals surface area (Å²) >= 11 is 0. The number of ether oxygens (including phenoxy) is 1. The number of aromatic nitrogens is 1. The molecule has 1 aromatic carbocycles. The molecule has 1 saturated heterocycles. The van der Waals surface area contributed by atoms with Gasteiger partial charge in [0.15, 0.2) is 0 Å². The number of rotatable bonds is 7. The number of carbonyl (C=O) groups excluding carboxylic acids is 1. The molecule has 2 heterocycles. The highest BCUT2D eigenvalue weighted by Crippen LogP contribution is 2.27. The number of methoxy groups -OCH3 is 1. The number of carbonyl (C=O) groups is 1. The van der Waals surface area contributed by atoms with E-state index < -0.39 is 0 Å². The fourth-order valence-electron chi connectivity index (χ4n) is 3.90. The Morgan fingerprint density at radius 3 is 2.60 bits per heavy atom. The van der Waals surface area contributed by atoms with E-state index in [1.54, 1.807) is 7.11 Å². The van der Waals surface area contributed by atoms with Gasteiger partial charge in [-0.05, 0) is 52.1 Å². The van der Waals surface area contributed by atoms with Crippen LogP contribution in [0.25, 0.3) is 0 Å². The lowest BCUT2D eigenvalue weighted by Gasteiger charge is -2.33. The molecule has 1 aliphatic rings. The summed E-state index contributed by atoms with van der Waals surface area (Å²) in [6.45, 7) is 4.30.